The van der Waals surface area contributed by atoms with Gasteiger partial charge < -0.3 is 10.2 Å². The van der Waals surface area contributed by atoms with Crippen molar-refractivity contribution in [2.24, 2.45) is 0 Å². The molecule has 0 spiro atoms. The first-order valence-electron chi connectivity index (χ1n) is 9.71. The zero-order chi connectivity index (χ0) is 17.2. The minimum absolute atomic E-state index is 0.0947. The van der Waals surface area contributed by atoms with Crippen LogP contribution in [-0.4, -0.2) is 22.3 Å². The maximum atomic E-state index is 10.4. The van der Waals surface area contributed by atoms with Crippen molar-refractivity contribution in [1.82, 2.24) is 0 Å². The Morgan fingerprint density at radius 2 is 1.30 bits per heavy atom. The van der Waals surface area contributed by atoms with E-state index in [0.29, 0.717) is 6.42 Å². The number of aliphatic hydroxyl groups is 1. The van der Waals surface area contributed by atoms with Crippen LogP contribution >= 0.6 is 0 Å². The molecular formula is C20H38O3. The van der Waals surface area contributed by atoms with E-state index in [9.17, 15) is 9.90 Å². The highest BCUT2D eigenvalue weighted by Crippen LogP contribution is 2.11. The van der Waals surface area contributed by atoms with E-state index in [1.54, 1.807) is 0 Å². The third-order valence-corrected chi connectivity index (χ3v) is 4.31. The van der Waals surface area contributed by atoms with Crippen LogP contribution in [0.3, 0.4) is 0 Å². The van der Waals surface area contributed by atoms with Crippen LogP contribution in [0.25, 0.3) is 0 Å². The summed E-state index contributed by atoms with van der Waals surface area (Å²) in [5.74, 6) is -0.671. The van der Waals surface area contributed by atoms with E-state index in [1.807, 2.05) is 6.92 Å². The molecule has 0 saturated carbocycles. The van der Waals surface area contributed by atoms with Gasteiger partial charge in [-0.3, -0.25) is 4.79 Å². The first kappa shape index (κ1) is 22.2. The molecule has 1 unspecified atom stereocenters. The number of allylic oxidation sites excluding steroid dienone is 2. The fourth-order valence-electron chi connectivity index (χ4n) is 2.68. The second-order valence-corrected chi connectivity index (χ2v) is 6.58. The Labute approximate surface area is 143 Å². The highest BCUT2D eigenvalue weighted by atomic mass is 16.4. The molecule has 0 heterocycles. The summed E-state index contributed by atoms with van der Waals surface area (Å²) in [7, 11) is 0. The summed E-state index contributed by atoms with van der Waals surface area (Å²) in [5.41, 5.74) is 0. The summed E-state index contributed by atoms with van der Waals surface area (Å²) in [5, 5.41) is 18.0. The van der Waals surface area contributed by atoms with Gasteiger partial charge in [0.1, 0.15) is 0 Å². The molecule has 0 aromatic rings. The number of rotatable bonds is 17. The molecule has 3 nitrogen and oxygen atoms in total. The van der Waals surface area contributed by atoms with Crippen LogP contribution in [0.15, 0.2) is 12.2 Å². The van der Waals surface area contributed by atoms with Gasteiger partial charge in [0.25, 0.3) is 0 Å². The molecule has 0 saturated heterocycles. The smallest absolute Gasteiger partial charge is 0.303 e. The monoisotopic (exact) mass is 326 g/mol. The van der Waals surface area contributed by atoms with Crippen LogP contribution in [0.2, 0.25) is 0 Å². The van der Waals surface area contributed by atoms with Crippen LogP contribution in [0, 0.1) is 0 Å². The quantitative estimate of drug-likeness (QED) is 0.260. The van der Waals surface area contributed by atoms with Gasteiger partial charge in [-0.05, 0) is 44.9 Å². The molecule has 136 valence electrons. The average Bonchev–Trinajstić information content (AvgIpc) is 2.53. The molecule has 0 rings (SSSR count). The Morgan fingerprint density at radius 1 is 0.826 bits per heavy atom. The fourth-order valence-corrected chi connectivity index (χ4v) is 2.68. The number of carboxylic acids is 1. The number of unbranched alkanes of at least 4 members (excludes halogenated alkanes) is 10. The average molecular weight is 327 g/mol. The lowest BCUT2D eigenvalue weighted by Gasteiger charge is -2.05. The van der Waals surface area contributed by atoms with Gasteiger partial charge in [-0.1, -0.05) is 64.0 Å². The summed E-state index contributed by atoms with van der Waals surface area (Å²) in [6.07, 6.45) is 20.8. The zero-order valence-corrected chi connectivity index (χ0v) is 15.1. The molecule has 0 aliphatic rings. The zero-order valence-electron chi connectivity index (χ0n) is 15.1. The van der Waals surface area contributed by atoms with E-state index in [1.165, 1.54) is 57.8 Å². The largest absolute Gasteiger partial charge is 0.481 e. The molecule has 0 aliphatic heterocycles. The van der Waals surface area contributed by atoms with Gasteiger partial charge in [0.2, 0.25) is 0 Å². The van der Waals surface area contributed by atoms with Crippen molar-refractivity contribution in [3.63, 3.8) is 0 Å². The molecule has 3 heteroatoms. The normalized spacial score (nSPS) is 12.8. The lowest BCUT2D eigenvalue weighted by molar-refractivity contribution is -0.137. The second-order valence-electron chi connectivity index (χ2n) is 6.58. The Balaban J connectivity index is 3.12. The first-order chi connectivity index (χ1) is 11.2. The van der Waals surface area contributed by atoms with Gasteiger partial charge in [0, 0.05) is 6.42 Å². The topological polar surface area (TPSA) is 57.5 Å². The van der Waals surface area contributed by atoms with E-state index >= 15 is 0 Å². The lowest BCUT2D eigenvalue weighted by atomic mass is 10.1. The van der Waals surface area contributed by atoms with Crippen molar-refractivity contribution < 1.29 is 15.0 Å². The Kier molecular flexibility index (Phi) is 16.9. The van der Waals surface area contributed by atoms with Crippen molar-refractivity contribution >= 4 is 5.97 Å². The Hall–Kier alpha value is -0.830. The summed E-state index contributed by atoms with van der Waals surface area (Å²) >= 11 is 0. The van der Waals surface area contributed by atoms with Crippen LogP contribution < -0.4 is 0 Å². The predicted molar refractivity (Wildman–Crippen MR) is 97.7 cm³/mol. The van der Waals surface area contributed by atoms with Gasteiger partial charge in [-0.2, -0.15) is 0 Å². The molecule has 2 N–H and O–H groups in total. The number of aliphatic hydroxyl groups excluding tert-OH is 1. The molecule has 0 aromatic carbocycles. The molecule has 0 fully saturated rings. The minimum Gasteiger partial charge on any atom is -0.481 e. The fraction of sp³-hybridized carbons (Fsp3) is 0.850. The Bertz CT molecular complexity index is 287. The van der Waals surface area contributed by atoms with E-state index in [0.717, 1.165) is 32.1 Å². The number of hydrogen-bond donors (Lipinski definition) is 2. The molecule has 0 bridgehead atoms. The highest BCUT2D eigenvalue weighted by molar-refractivity contribution is 5.66. The Morgan fingerprint density at radius 3 is 1.83 bits per heavy atom. The van der Waals surface area contributed by atoms with Crippen molar-refractivity contribution in [1.29, 1.82) is 0 Å². The summed E-state index contributed by atoms with van der Waals surface area (Å²) in [4.78, 5) is 10.4. The van der Waals surface area contributed by atoms with Crippen LogP contribution in [-0.2, 0) is 4.79 Å². The molecule has 0 radical (unpaired) electrons. The minimum atomic E-state index is -0.671. The number of hydrogen-bond acceptors (Lipinski definition) is 2. The van der Waals surface area contributed by atoms with Crippen molar-refractivity contribution in [3.8, 4) is 0 Å². The van der Waals surface area contributed by atoms with Crippen LogP contribution in [0.5, 0.6) is 0 Å². The molecule has 23 heavy (non-hydrogen) atoms. The maximum absolute atomic E-state index is 10.4. The van der Waals surface area contributed by atoms with Crippen LogP contribution in [0.1, 0.15) is 103 Å². The number of carboxylic acid groups (broad SMARTS) is 1. The third-order valence-electron chi connectivity index (χ3n) is 4.31. The highest BCUT2D eigenvalue weighted by Gasteiger charge is 1.99. The van der Waals surface area contributed by atoms with Crippen molar-refractivity contribution in [2.75, 3.05) is 0 Å². The second kappa shape index (κ2) is 17.5. The van der Waals surface area contributed by atoms with E-state index < -0.39 is 5.97 Å². The molecule has 1 atom stereocenters. The standard InChI is InChI=1S/C20H38O3/c1-2-19(21)17-15-13-11-9-7-5-3-4-6-8-10-12-14-16-18-20(22)23/h5,7,19,21H,2-4,6,8-18H2,1H3,(H,22,23). The van der Waals surface area contributed by atoms with Crippen molar-refractivity contribution in [2.45, 2.75) is 109 Å². The molecular weight excluding hydrogens is 288 g/mol. The predicted octanol–water partition coefficient (Wildman–Crippen LogP) is 5.86. The van der Waals surface area contributed by atoms with Gasteiger partial charge in [0.15, 0.2) is 0 Å². The molecule has 0 amide bonds. The van der Waals surface area contributed by atoms with Gasteiger partial charge in [-0.15, -0.1) is 0 Å². The maximum Gasteiger partial charge on any atom is 0.303 e. The molecule has 0 aliphatic carbocycles. The first-order valence-corrected chi connectivity index (χ1v) is 9.71. The van der Waals surface area contributed by atoms with Gasteiger partial charge in [0.05, 0.1) is 6.10 Å². The van der Waals surface area contributed by atoms with Crippen LogP contribution in [0.4, 0.5) is 0 Å². The molecule has 0 aromatic heterocycles. The summed E-state index contributed by atoms with van der Waals surface area (Å²) in [6.45, 7) is 2.03. The van der Waals surface area contributed by atoms with Gasteiger partial charge >= 0.3 is 5.97 Å². The lowest BCUT2D eigenvalue weighted by Crippen LogP contribution is -2.03. The SMILES string of the molecule is CCC(O)CCCCCC=CCCCCCCCCCC(=O)O. The number of carbonyl (C=O) groups is 1. The summed E-state index contributed by atoms with van der Waals surface area (Å²) in [6, 6.07) is 0. The summed E-state index contributed by atoms with van der Waals surface area (Å²) < 4.78 is 0. The van der Waals surface area contributed by atoms with Crippen molar-refractivity contribution in [3.05, 3.63) is 12.2 Å². The van der Waals surface area contributed by atoms with E-state index in [2.05, 4.69) is 12.2 Å². The van der Waals surface area contributed by atoms with E-state index in [-0.39, 0.29) is 6.10 Å². The van der Waals surface area contributed by atoms with Gasteiger partial charge in [-0.25, -0.2) is 0 Å². The third kappa shape index (κ3) is 19.1. The van der Waals surface area contributed by atoms with E-state index in [4.69, 9.17) is 5.11 Å². The number of aliphatic carboxylic acids is 1.